The van der Waals surface area contributed by atoms with Gasteiger partial charge < -0.3 is 9.53 Å². The molecule has 1 N–H and O–H groups in total. The summed E-state index contributed by atoms with van der Waals surface area (Å²) < 4.78 is 20.5. The first-order valence-corrected chi connectivity index (χ1v) is 14.1. The van der Waals surface area contributed by atoms with E-state index in [4.69, 9.17) is 9.53 Å². The highest BCUT2D eigenvalue weighted by Crippen LogP contribution is 2.47. The highest BCUT2D eigenvalue weighted by molar-refractivity contribution is 6.74. The summed E-state index contributed by atoms with van der Waals surface area (Å²) in [7, 11) is -1.99. The van der Waals surface area contributed by atoms with E-state index in [1.165, 1.54) is 17.7 Å². The smallest absolute Gasteiger partial charge is 0.335 e. The van der Waals surface area contributed by atoms with E-state index in [1.54, 1.807) is 12.1 Å². The van der Waals surface area contributed by atoms with Crippen LogP contribution in [0.4, 0.5) is 4.39 Å². The minimum Gasteiger partial charge on any atom is -0.478 e. The Morgan fingerprint density at radius 2 is 1.71 bits per heavy atom. The molecular formula is C26H35FO3Si. The van der Waals surface area contributed by atoms with Crippen LogP contribution in [-0.2, 0) is 10.8 Å². The van der Waals surface area contributed by atoms with Gasteiger partial charge in [0.05, 0.1) is 11.7 Å². The Hall–Kier alpha value is -1.98. The maximum atomic E-state index is 13.6. The van der Waals surface area contributed by atoms with E-state index in [-0.39, 0.29) is 17.0 Å². The van der Waals surface area contributed by atoms with Gasteiger partial charge in [0.1, 0.15) is 5.82 Å². The molecular weight excluding hydrogens is 407 g/mol. The van der Waals surface area contributed by atoms with Gasteiger partial charge in [-0.25, -0.2) is 9.18 Å². The molecule has 3 atom stereocenters. The van der Waals surface area contributed by atoms with E-state index in [9.17, 15) is 9.18 Å². The van der Waals surface area contributed by atoms with Gasteiger partial charge in [-0.1, -0.05) is 45.0 Å². The third-order valence-corrected chi connectivity index (χ3v) is 11.6. The van der Waals surface area contributed by atoms with Crippen molar-refractivity contribution in [2.45, 2.75) is 70.7 Å². The molecule has 0 heterocycles. The number of hydrogen-bond acceptors (Lipinski definition) is 2. The molecule has 1 aliphatic rings. The highest BCUT2D eigenvalue weighted by Gasteiger charge is 2.42. The number of aromatic carboxylic acids is 1. The standard InChI is InChI=1S/C26H35FO3Si/c1-26(2,3)31(4,5)30-24(20-12-14-23(27)15-13-20)22-11-8-19(17-22)16-18-6-9-21(10-7-18)25(28)29/h6-7,9-10,12-15,19,22,24H,8,11,16-17H2,1-5H3,(H,28,29)/t19?,22-,24+/m0/s1. The van der Waals surface area contributed by atoms with Gasteiger partial charge in [-0.2, -0.15) is 0 Å². The molecule has 1 aliphatic carbocycles. The lowest BCUT2D eigenvalue weighted by Crippen LogP contribution is -2.43. The van der Waals surface area contributed by atoms with E-state index in [1.807, 2.05) is 24.3 Å². The SMILES string of the molecule is CC(C)(C)[Si](C)(C)O[C@H](c1ccc(F)cc1)[C@H]1CCC(Cc2ccc(C(=O)O)cc2)C1. The van der Waals surface area contributed by atoms with Crippen LogP contribution in [0.3, 0.4) is 0 Å². The Bertz CT molecular complexity index is 884. The first-order valence-electron chi connectivity index (χ1n) is 11.2. The fraction of sp³-hybridized carbons (Fsp3) is 0.500. The van der Waals surface area contributed by atoms with E-state index in [0.717, 1.165) is 31.2 Å². The maximum absolute atomic E-state index is 13.6. The quantitative estimate of drug-likeness (QED) is 0.460. The summed E-state index contributed by atoms with van der Waals surface area (Å²) in [5, 5.41) is 9.20. The fourth-order valence-corrected chi connectivity index (χ4v) is 5.59. The zero-order valence-electron chi connectivity index (χ0n) is 19.3. The average Bonchev–Trinajstić information content (AvgIpc) is 3.14. The molecule has 1 unspecified atom stereocenters. The maximum Gasteiger partial charge on any atom is 0.335 e. The van der Waals surface area contributed by atoms with Crippen LogP contribution in [0.15, 0.2) is 48.5 Å². The van der Waals surface area contributed by atoms with Crippen LogP contribution in [0.25, 0.3) is 0 Å². The third-order valence-electron chi connectivity index (χ3n) is 7.16. The number of rotatable bonds is 7. The Kier molecular flexibility index (Phi) is 7.07. The van der Waals surface area contributed by atoms with E-state index < -0.39 is 14.3 Å². The van der Waals surface area contributed by atoms with Crippen molar-refractivity contribution in [2.24, 2.45) is 11.8 Å². The first kappa shape index (κ1) is 23.7. The predicted molar refractivity (Wildman–Crippen MR) is 125 cm³/mol. The van der Waals surface area contributed by atoms with E-state index >= 15 is 0 Å². The number of carboxylic acids is 1. The zero-order valence-corrected chi connectivity index (χ0v) is 20.3. The minimum absolute atomic E-state index is 0.0131. The molecule has 2 aromatic rings. The largest absolute Gasteiger partial charge is 0.478 e. The molecule has 3 nitrogen and oxygen atoms in total. The van der Waals surface area contributed by atoms with Crippen molar-refractivity contribution in [2.75, 3.05) is 0 Å². The van der Waals surface area contributed by atoms with E-state index in [2.05, 4.69) is 33.9 Å². The summed E-state index contributed by atoms with van der Waals surface area (Å²) >= 11 is 0. The van der Waals surface area contributed by atoms with Crippen molar-refractivity contribution in [3.8, 4) is 0 Å². The first-order chi connectivity index (χ1) is 14.5. The van der Waals surface area contributed by atoms with Crippen LogP contribution in [0.2, 0.25) is 18.1 Å². The number of halogens is 1. The van der Waals surface area contributed by atoms with Gasteiger partial charge in [0, 0.05) is 0 Å². The second-order valence-corrected chi connectivity index (χ2v) is 15.3. The second kappa shape index (κ2) is 9.25. The third kappa shape index (κ3) is 5.83. The molecule has 1 saturated carbocycles. The van der Waals surface area contributed by atoms with Gasteiger partial charge in [-0.3, -0.25) is 0 Å². The molecule has 0 amide bonds. The summed E-state index contributed by atoms with van der Waals surface area (Å²) in [6.07, 6.45) is 4.23. The van der Waals surface area contributed by atoms with Crippen LogP contribution < -0.4 is 0 Å². The Morgan fingerprint density at radius 3 is 2.26 bits per heavy atom. The monoisotopic (exact) mass is 442 g/mol. The van der Waals surface area contributed by atoms with Crippen LogP contribution in [0.1, 0.15) is 67.6 Å². The van der Waals surface area contributed by atoms with Gasteiger partial charge in [-0.15, -0.1) is 0 Å². The molecule has 3 rings (SSSR count). The molecule has 0 radical (unpaired) electrons. The van der Waals surface area contributed by atoms with Crippen molar-refractivity contribution >= 4 is 14.3 Å². The minimum atomic E-state index is -1.99. The Morgan fingerprint density at radius 1 is 1.10 bits per heavy atom. The summed E-state index contributed by atoms with van der Waals surface area (Å²) in [6.45, 7) is 11.3. The van der Waals surface area contributed by atoms with Crippen molar-refractivity contribution < 1.29 is 18.7 Å². The van der Waals surface area contributed by atoms with Crippen LogP contribution in [0.5, 0.6) is 0 Å². The zero-order chi connectivity index (χ0) is 22.8. The normalized spacial score (nSPS) is 20.6. The number of carboxylic acid groups (broad SMARTS) is 1. The number of hydrogen-bond donors (Lipinski definition) is 1. The van der Waals surface area contributed by atoms with E-state index in [0.29, 0.717) is 17.4 Å². The second-order valence-electron chi connectivity index (χ2n) is 10.5. The summed E-state index contributed by atoms with van der Waals surface area (Å²) in [6, 6.07) is 14.1. The lowest BCUT2D eigenvalue weighted by molar-refractivity contribution is 0.0697. The lowest BCUT2D eigenvalue weighted by atomic mass is 9.91. The summed E-state index contributed by atoms with van der Waals surface area (Å²) in [5.74, 6) is -0.157. The Labute approximate surface area is 186 Å². The molecule has 5 heteroatoms. The molecule has 0 aliphatic heterocycles. The summed E-state index contributed by atoms with van der Waals surface area (Å²) in [5.41, 5.74) is 2.58. The van der Waals surface area contributed by atoms with Crippen molar-refractivity contribution in [1.29, 1.82) is 0 Å². The van der Waals surface area contributed by atoms with Gasteiger partial charge in [0.15, 0.2) is 8.32 Å². The number of benzene rings is 2. The molecule has 0 saturated heterocycles. The summed E-state index contributed by atoms with van der Waals surface area (Å²) in [4.78, 5) is 11.1. The van der Waals surface area contributed by atoms with Gasteiger partial charge in [-0.05, 0) is 91.0 Å². The topological polar surface area (TPSA) is 46.5 Å². The van der Waals surface area contributed by atoms with Gasteiger partial charge in [0.2, 0.25) is 0 Å². The van der Waals surface area contributed by atoms with Crippen LogP contribution in [0, 0.1) is 17.7 Å². The van der Waals surface area contributed by atoms with Crippen molar-refractivity contribution in [1.82, 2.24) is 0 Å². The van der Waals surface area contributed by atoms with Crippen molar-refractivity contribution in [3.63, 3.8) is 0 Å². The average molecular weight is 443 g/mol. The molecule has 1 fully saturated rings. The fourth-order valence-electron chi connectivity index (χ4n) is 4.27. The van der Waals surface area contributed by atoms with Gasteiger partial charge >= 0.3 is 5.97 Å². The molecule has 0 spiro atoms. The van der Waals surface area contributed by atoms with Crippen LogP contribution >= 0.6 is 0 Å². The molecule has 168 valence electrons. The molecule has 31 heavy (non-hydrogen) atoms. The number of carbonyl (C=O) groups is 1. The lowest BCUT2D eigenvalue weighted by Gasteiger charge is -2.41. The highest BCUT2D eigenvalue weighted by atomic mass is 28.4. The molecule has 0 aromatic heterocycles. The van der Waals surface area contributed by atoms with Crippen LogP contribution in [-0.4, -0.2) is 19.4 Å². The Balaban J connectivity index is 1.75. The van der Waals surface area contributed by atoms with Gasteiger partial charge in [0.25, 0.3) is 0 Å². The van der Waals surface area contributed by atoms with Crippen molar-refractivity contribution in [3.05, 3.63) is 71.0 Å². The predicted octanol–water partition coefficient (Wildman–Crippen LogP) is 7.25. The molecule has 2 aromatic carbocycles. The molecule has 0 bridgehead atoms.